The lowest BCUT2D eigenvalue weighted by Crippen LogP contribution is -2.67. The summed E-state index contributed by atoms with van der Waals surface area (Å²) in [7, 11) is 0. The van der Waals surface area contributed by atoms with Crippen LogP contribution in [-0.4, -0.2) is 39.3 Å². The molecule has 2 heterocycles. The van der Waals surface area contributed by atoms with Crippen LogP contribution in [0.5, 0.6) is 0 Å². The fourth-order valence-corrected chi connectivity index (χ4v) is 10.3. The Bertz CT molecular complexity index is 1020. The molecule has 1 amide bonds. The Morgan fingerprint density at radius 3 is 2.70 bits per heavy atom. The van der Waals surface area contributed by atoms with Gasteiger partial charge in [-0.2, -0.15) is 0 Å². The first kappa shape index (κ1) is 22.3. The third-order valence-electron chi connectivity index (χ3n) is 9.75. The van der Waals surface area contributed by atoms with E-state index in [1.54, 1.807) is 0 Å². The van der Waals surface area contributed by atoms with Crippen LogP contribution < -0.4 is 5.32 Å². The van der Waals surface area contributed by atoms with E-state index >= 15 is 0 Å². The van der Waals surface area contributed by atoms with Crippen LogP contribution in [0.3, 0.4) is 0 Å². The Labute approximate surface area is 210 Å². The zero-order valence-electron chi connectivity index (χ0n) is 19.6. The minimum Gasteiger partial charge on any atom is -0.391 e. The smallest absolute Gasteiger partial charge is 0.229 e. The molecule has 12 atom stereocenters. The molecule has 0 aromatic heterocycles. The highest BCUT2D eigenvalue weighted by Gasteiger charge is 2.77. The number of carbonyl (C=O) groups excluding carboxylic acids is 1. The number of hydrogen-bond acceptors (Lipinski definition) is 3. The van der Waals surface area contributed by atoms with Crippen molar-refractivity contribution in [2.45, 2.75) is 61.9 Å². The Kier molecular flexibility index (Phi) is 5.17. The second-order valence-electron chi connectivity index (χ2n) is 11.3. The van der Waals surface area contributed by atoms with E-state index in [9.17, 15) is 9.90 Å². The molecule has 1 aromatic carbocycles. The highest BCUT2D eigenvalue weighted by molar-refractivity contribution is 14.1. The lowest BCUT2D eigenvalue weighted by molar-refractivity contribution is -0.163. The molecule has 4 nitrogen and oxygen atoms in total. The molecule has 6 rings (SSSR count). The van der Waals surface area contributed by atoms with E-state index in [0.29, 0.717) is 5.92 Å². The number of halogens is 1. The molecule has 5 heteroatoms. The molecule has 3 aliphatic carbocycles. The average molecular weight is 559 g/mol. The molecule has 0 unspecified atom stereocenters. The number of hydrogen-bond donors (Lipinski definition) is 2. The van der Waals surface area contributed by atoms with Gasteiger partial charge in [-0.1, -0.05) is 85.0 Å². The van der Waals surface area contributed by atoms with Crippen LogP contribution in [-0.2, 0) is 16.0 Å². The predicted molar refractivity (Wildman–Crippen MR) is 137 cm³/mol. The lowest BCUT2D eigenvalue weighted by atomic mass is 9.44. The molecule has 2 saturated carbocycles. The normalized spacial score (nSPS) is 50.2. The second kappa shape index (κ2) is 7.66. The predicted octanol–water partition coefficient (Wildman–Crippen LogP) is 4.32. The molecule has 1 aromatic rings. The highest BCUT2D eigenvalue weighted by Crippen LogP contribution is 2.69. The minimum atomic E-state index is -0.819. The van der Waals surface area contributed by atoms with Gasteiger partial charge in [0.05, 0.1) is 23.7 Å². The monoisotopic (exact) mass is 559 g/mol. The zero-order valence-corrected chi connectivity index (χ0v) is 21.7. The SMILES string of the molecule is C=C1[C@@H](C)[C@H]2[C@H](Cc3ccccc3)NC(=O)[C@@]23[C@H]2[C@@H]4[C@H](C(C)=C[C@@H](C)C[C@H]4O[C@H]12)[C@@H](I)[C@H]3O. The minimum absolute atomic E-state index is 0.0113. The summed E-state index contributed by atoms with van der Waals surface area (Å²) in [5.74, 6) is 1.05. The van der Waals surface area contributed by atoms with Crippen molar-refractivity contribution in [2.75, 3.05) is 0 Å². The van der Waals surface area contributed by atoms with E-state index < -0.39 is 11.5 Å². The van der Waals surface area contributed by atoms with E-state index in [0.717, 1.165) is 18.4 Å². The molecule has 5 aliphatic rings. The van der Waals surface area contributed by atoms with Crippen LogP contribution in [0.15, 0.2) is 54.1 Å². The van der Waals surface area contributed by atoms with Gasteiger partial charge in [-0.3, -0.25) is 4.79 Å². The van der Waals surface area contributed by atoms with Gasteiger partial charge in [0.1, 0.15) is 0 Å². The summed E-state index contributed by atoms with van der Waals surface area (Å²) < 4.78 is 6.79. The van der Waals surface area contributed by atoms with Crippen molar-refractivity contribution < 1.29 is 14.6 Å². The van der Waals surface area contributed by atoms with Crippen LogP contribution in [0.4, 0.5) is 0 Å². The Balaban J connectivity index is 1.50. The lowest BCUT2D eigenvalue weighted by Gasteiger charge is -2.59. The average Bonchev–Trinajstić information content (AvgIpc) is 3.23. The first-order valence-electron chi connectivity index (χ1n) is 12.5. The number of aliphatic hydroxyl groups excluding tert-OH is 1. The van der Waals surface area contributed by atoms with E-state index in [4.69, 9.17) is 4.74 Å². The summed E-state index contributed by atoms with van der Waals surface area (Å²) in [6.45, 7) is 11.2. The molecule has 2 aliphatic heterocycles. The molecular formula is C28H34INO3. The summed E-state index contributed by atoms with van der Waals surface area (Å²) in [5.41, 5.74) is 2.87. The van der Waals surface area contributed by atoms with Crippen molar-refractivity contribution >= 4 is 28.5 Å². The van der Waals surface area contributed by atoms with Crippen LogP contribution in [0, 0.1) is 40.9 Å². The summed E-state index contributed by atoms with van der Waals surface area (Å²) >= 11 is 2.45. The second-order valence-corrected chi connectivity index (χ2v) is 12.8. The Morgan fingerprint density at radius 1 is 1.24 bits per heavy atom. The van der Waals surface area contributed by atoms with Crippen LogP contribution >= 0.6 is 22.6 Å². The standard InChI is InChI=1S/C28H34INO3/c1-13-10-14(2)20-21-19(11-13)33-25-16(4)15(3)22-18(12-17-8-6-5-7-9-17)30-27(32)28(22,23(21)25)26(31)24(20)29/h5-10,13,15,18-26,31H,4,11-12H2,1-3H3,(H,30,32)/t13-,15-,18+,19-,20+,21+,22+,23+,24-,25-,26-,28-/m1/s1. The number of alkyl halides is 1. The topological polar surface area (TPSA) is 58.6 Å². The maximum atomic E-state index is 14.1. The van der Waals surface area contributed by atoms with E-state index in [-0.39, 0.29) is 57.7 Å². The Hall–Kier alpha value is -1.18. The van der Waals surface area contributed by atoms with Gasteiger partial charge in [0.2, 0.25) is 5.91 Å². The number of benzene rings is 1. The molecule has 2 saturated heterocycles. The number of aliphatic hydroxyl groups is 1. The van der Waals surface area contributed by atoms with Crippen molar-refractivity contribution in [2.24, 2.45) is 40.9 Å². The van der Waals surface area contributed by atoms with Gasteiger partial charge in [0.15, 0.2) is 0 Å². The van der Waals surface area contributed by atoms with Crippen molar-refractivity contribution in [3.63, 3.8) is 0 Å². The highest BCUT2D eigenvalue weighted by atomic mass is 127. The first-order valence-corrected chi connectivity index (χ1v) is 13.7. The third kappa shape index (κ3) is 2.85. The number of rotatable bonds is 2. The molecular weight excluding hydrogens is 525 g/mol. The van der Waals surface area contributed by atoms with Gasteiger partial charge in [0, 0.05) is 21.8 Å². The summed E-state index contributed by atoms with van der Waals surface area (Å²) in [6.07, 6.45) is 3.39. The van der Waals surface area contributed by atoms with Gasteiger partial charge < -0.3 is 15.2 Å². The molecule has 4 fully saturated rings. The van der Waals surface area contributed by atoms with Gasteiger partial charge >= 0.3 is 0 Å². The summed E-state index contributed by atoms with van der Waals surface area (Å²) in [4.78, 5) is 14.1. The molecule has 1 spiro atoms. The summed E-state index contributed by atoms with van der Waals surface area (Å²) in [5, 5.41) is 15.5. The zero-order chi connectivity index (χ0) is 23.2. The maximum Gasteiger partial charge on any atom is 0.229 e. The quantitative estimate of drug-likeness (QED) is 0.323. The first-order chi connectivity index (χ1) is 15.8. The third-order valence-corrected chi connectivity index (χ3v) is 11.2. The van der Waals surface area contributed by atoms with Crippen LogP contribution in [0.2, 0.25) is 0 Å². The molecule has 33 heavy (non-hydrogen) atoms. The van der Waals surface area contributed by atoms with Gasteiger partial charge in [-0.15, -0.1) is 0 Å². The van der Waals surface area contributed by atoms with Crippen LogP contribution in [0.1, 0.15) is 32.8 Å². The molecule has 0 radical (unpaired) electrons. The Morgan fingerprint density at radius 2 is 1.97 bits per heavy atom. The summed E-state index contributed by atoms with van der Waals surface area (Å²) in [6, 6.07) is 10.4. The number of carbonyl (C=O) groups is 1. The van der Waals surface area contributed by atoms with Crippen molar-refractivity contribution in [1.29, 1.82) is 0 Å². The number of allylic oxidation sites excluding steroid dienone is 2. The number of nitrogens with one attached hydrogen (secondary N) is 1. The van der Waals surface area contributed by atoms with Gasteiger partial charge in [-0.05, 0) is 54.6 Å². The fraction of sp³-hybridized carbons (Fsp3) is 0.607. The molecule has 0 bridgehead atoms. The largest absolute Gasteiger partial charge is 0.391 e. The van der Waals surface area contributed by atoms with E-state index in [1.165, 1.54) is 11.1 Å². The molecule has 2 N–H and O–H groups in total. The number of amides is 1. The maximum absolute atomic E-state index is 14.1. The van der Waals surface area contributed by atoms with Gasteiger partial charge in [-0.25, -0.2) is 0 Å². The molecule has 176 valence electrons. The van der Waals surface area contributed by atoms with Crippen molar-refractivity contribution in [3.8, 4) is 0 Å². The van der Waals surface area contributed by atoms with Crippen molar-refractivity contribution in [3.05, 3.63) is 59.7 Å². The fourth-order valence-electron chi connectivity index (χ4n) is 8.64. The van der Waals surface area contributed by atoms with Crippen LogP contribution in [0.25, 0.3) is 0 Å². The van der Waals surface area contributed by atoms with E-state index in [2.05, 4.69) is 85.6 Å². The van der Waals surface area contributed by atoms with Crippen molar-refractivity contribution in [1.82, 2.24) is 5.32 Å². The number of ether oxygens (including phenoxy) is 1. The van der Waals surface area contributed by atoms with E-state index in [1.807, 2.05) is 6.07 Å². The van der Waals surface area contributed by atoms with Gasteiger partial charge in [0.25, 0.3) is 0 Å².